The van der Waals surface area contributed by atoms with Crippen molar-refractivity contribution in [1.29, 1.82) is 0 Å². The summed E-state index contributed by atoms with van der Waals surface area (Å²) in [5, 5.41) is 3.30. The second kappa shape index (κ2) is 2.96. The van der Waals surface area contributed by atoms with Gasteiger partial charge < -0.3 is 9.88 Å². The highest BCUT2D eigenvalue weighted by atomic mass is 16.1. The SMILES string of the molecule is CC(=O)c1cnc2n1CC(C)NC2. The van der Waals surface area contributed by atoms with Gasteiger partial charge in [0.15, 0.2) is 5.78 Å². The lowest BCUT2D eigenvalue weighted by Crippen LogP contribution is -2.37. The highest BCUT2D eigenvalue weighted by Gasteiger charge is 2.19. The third-order valence-corrected chi connectivity index (χ3v) is 2.36. The number of Topliss-reactive ketones (excluding diaryl/α,β-unsaturated/α-hetero) is 1. The number of ketones is 1. The fourth-order valence-electron chi connectivity index (χ4n) is 1.64. The van der Waals surface area contributed by atoms with Crippen molar-refractivity contribution in [3.63, 3.8) is 0 Å². The van der Waals surface area contributed by atoms with Crippen LogP contribution in [0.4, 0.5) is 0 Å². The molecule has 1 aliphatic heterocycles. The van der Waals surface area contributed by atoms with Crippen molar-refractivity contribution in [3.8, 4) is 0 Å². The molecule has 1 N–H and O–H groups in total. The first-order valence-electron chi connectivity index (χ1n) is 4.47. The Morgan fingerprint density at radius 1 is 1.77 bits per heavy atom. The summed E-state index contributed by atoms with van der Waals surface area (Å²) in [7, 11) is 0. The molecule has 1 aromatic rings. The van der Waals surface area contributed by atoms with Gasteiger partial charge in [0.1, 0.15) is 11.5 Å². The highest BCUT2D eigenvalue weighted by molar-refractivity contribution is 5.92. The lowest BCUT2D eigenvalue weighted by atomic mass is 10.2. The molecule has 0 spiro atoms. The molecule has 1 aromatic heterocycles. The number of rotatable bonds is 1. The first kappa shape index (κ1) is 8.44. The van der Waals surface area contributed by atoms with Crippen molar-refractivity contribution < 1.29 is 4.79 Å². The largest absolute Gasteiger partial charge is 0.323 e. The number of hydrogen-bond donors (Lipinski definition) is 1. The molecule has 0 saturated carbocycles. The summed E-state index contributed by atoms with van der Waals surface area (Å²) in [5.74, 6) is 1.05. The summed E-state index contributed by atoms with van der Waals surface area (Å²) in [6.07, 6.45) is 1.66. The third-order valence-electron chi connectivity index (χ3n) is 2.36. The molecule has 0 bridgehead atoms. The predicted octanol–water partition coefficient (Wildman–Crippen LogP) is 0.577. The lowest BCUT2D eigenvalue weighted by Gasteiger charge is -2.22. The van der Waals surface area contributed by atoms with Crippen molar-refractivity contribution in [2.24, 2.45) is 0 Å². The molecule has 1 atom stereocenters. The van der Waals surface area contributed by atoms with E-state index >= 15 is 0 Å². The van der Waals surface area contributed by atoms with Gasteiger partial charge in [-0.3, -0.25) is 4.79 Å². The number of nitrogens with one attached hydrogen (secondary N) is 1. The van der Waals surface area contributed by atoms with Gasteiger partial charge >= 0.3 is 0 Å². The van der Waals surface area contributed by atoms with E-state index in [-0.39, 0.29) is 5.78 Å². The Balaban J connectivity index is 2.41. The van der Waals surface area contributed by atoms with E-state index < -0.39 is 0 Å². The summed E-state index contributed by atoms with van der Waals surface area (Å²) < 4.78 is 2.00. The van der Waals surface area contributed by atoms with Crippen molar-refractivity contribution in [3.05, 3.63) is 17.7 Å². The average Bonchev–Trinajstić information content (AvgIpc) is 2.46. The summed E-state index contributed by atoms with van der Waals surface area (Å²) in [6.45, 7) is 5.28. The molecule has 0 saturated heterocycles. The summed E-state index contributed by atoms with van der Waals surface area (Å²) in [4.78, 5) is 15.4. The second-order valence-electron chi connectivity index (χ2n) is 3.51. The smallest absolute Gasteiger partial charge is 0.177 e. The molecule has 0 aromatic carbocycles. The van der Waals surface area contributed by atoms with Crippen LogP contribution >= 0.6 is 0 Å². The molecule has 0 amide bonds. The van der Waals surface area contributed by atoms with Crippen LogP contribution in [0.3, 0.4) is 0 Å². The van der Waals surface area contributed by atoms with E-state index in [1.54, 1.807) is 13.1 Å². The third kappa shape index (κ3) is 1.37. The monoisotopic (exact) mass is 179 g/mol. The lowest BCUT2D eigenvalue weighted by molar-refractivity contribution is 0.100. The molecule has 70 valence electrons. The van der Waals surface area contributed by atoms with Gasteiger partial charge in [0.25, 0.3) is 0 Å². The Kier molecular flexibility index (Phi) is 1.92. The average molecular weight is 179 g/mol. The number of nitrogens with zero attached hydrogens (tertiary/aromatic N) is 2. The van der Waals surface area contributed by atoms with E-state index in [0.717, 1.165) is 24.6 Å². The maximum atomic E-state index is 11.2. The topological polar surface area (TPSA) is 46.9 Å². The minimum absolute atomic E-state index is 0.0906. The quantitative estimate of drug-likeness (QED) is 0.641. The molecule has 0 radical (unpaired) electrons. The van der Waals surface area contributed by atoms with Gasteiger partial charge in [-0.15, -0.1) is 0 Å². The zero-order valence-electron chi connectivity index (χ0n) is 7.87. The van der Waals surface area contributed by atoms with Crippen LogP contribution in [-0.4, -0.2) is 21.4 Å². The van der Waals surface area contributed by atoms with E-state index in [1.165, 1.54) is 0 Å². The highest BCUT2D eigenvalue weighted by Crippen LogP contribution is 2.11. The molecule has 0 fully saturated rings. The fourth-order valence-corrected chi connectivity index (χ4v) is 1.64. The van der Waals surface area contributed by atoms with Crippen LogP contribution in [0.15, 0.2) is 6.20 Å². The first-order chi connectivity index (χ1) is 6.18. The number of hydrogen-bond acceptors (Lipinski definition) is 3. The number of imidazole rings is 1. The molecular weight excluding hydrogens is 166 g/mol. The Morgan fingerprint density at radius 2 is 2.54 bits per heavy atom. The molecule has 0 aliphatic carbocycles. The van der Waals surface area contributed by atoms with Crippen molar-refractivity contribution in [1.82, 2.24) is 14.9 Å². The Hall–Kier alpha value is -1.16. The van der Waals surface area contributed by atoms with Crippen LogP contribution in [0, 0.1) is 0 Å². The van der Waals surface area contributed by atoms with E-state index in [0.29, 0.717) is 6.04 Å². The normalized spacial score (nSPS) is 21.2. The standard InChI is InChI=1S/C9H13N3O/c1-6-5-12-8(7(2)13)3-11-9(12)4-10-6/h3,6,10H,4-5H2,1-2H3. The van der Waals surface area contributed by atoms with Crippen LogP contribution in [-0.2, 0) is 13.1 Å². The fraction of sp³-hybridized carbons (Fsp3) is 0.556. The summed E-state index contributed by atoms with van der Waals surface area (Å²) in [5.41, 5.74) is 0.725. The minimum atomic E-state index is 0.0906. The molecular formula is C9H13N3O. The van der Waals surface area contributed by atoms with E-state index in [4.69, 9.17) is 0 Å². The van der Waals surface area contributed by atoms with Gasteiger partial charge in [0, 0.05) is 19.5 Å². The molecule has 4 nitrogen and oxygen atoms in total. The van der Waals surface area contributed by atoms with Crippen LogP contribution < -0.4 is 5.32 Å². The number of fused-ring (bicyclic) bond motifs is 1. The number of carbonyl (C=O) groups is 1. The number of carbonyl (C=O) groups excluding carboxylic acids is 1. The molecule has 1 aliphatic rings. The Labute approximate surface area is 77.0 Å². The van der Waals surface area contributed by atoms with Crippen LogP contribution in [0.1, 0.15) is 30.2 Å². The van der Waals surface area contributed by atoms with Gasteiger partial charge in [-0.2, -0.15) is 0 Å². The van der Waals surface area contributed by atoms with Crippen molar-refractivity contribution in [2.45, 2.75) is 33.0 Å². The summed E-state index contributed by atoms with van der Waals surface area (Å²) >= 11 is 0. The zero-order chi connectivity index (χ0) is 9.42. The first-order valence-corrected chi connectivity index (χ1v) is 4.47. The van der Waals surface area contributed by atoms with Gasteiger partial charge in [0.05, 0.1) is 12.7 Å². The Morgan fingerprint density at radius 3 is 3.23 bits per heavy atom. The molecule has 4 heteroatoms. The maximum Gasteiger partial charge on any atom is 0.177 e. The van der Waals surface area contributed by atoms with Crippen LogP contribution in [0.2, 0.25) is 0 Å². The van der Waals surface area contributed by atoms with Gasteiger partial charge in [0.2, 0.25) is 0 Å². The predicted molar refractivity (Wildman–Crippen MR) is 48.5 cm³/mol. The number of aromatic nitrogens is 2. The molecule has 1 unspecified atom stereocenters. The van der Waals surface area contributed by atoms with E-state index in [2.05, 4.69) is 17.2 Å². The Bertz CT molecular complexity index is 343. The van der Waals surface area contributed by atoms with Gasteiger partial charge in [-0.25, -0.2) is 4.98 Å². The second-order valence-corrected chi connectivity index (χ2v) is 3.51. The van der Waals surface area contributed by atoms with Crippen molar-refractivity contribution in [2.75, 3.05) is 0 Å². The van der Waals surface area contributed by atoms with Crippen LogP contribution in [0.25, 0.3) is 0 Å². The van der Waals surface area contributed by atoms with E-state index in [9.17, 15) is 4.79 Å². The van der Waals surface area contributed by atoms with Crippen LogP contribution in [0.5, 0.6) is 0 Å². The maximum absolute atomic E-state index is 11.2. The zero-order valence-corrected chi connectivity index (χ0v) is 7.87. The minimum Gasteiger partial charge on any atom is -0.323 e. The molecule has 13 heavy (non-hydrogen) atoms. The summed E-state index contributed by atoms with van der Waals surface area (Å²) in [6, 6.07) is 0.416. The molecule has 2 rings (SSSR count). The van der Waals surface area contributed by atoms with Gasteiger partial charge in [-0.1, -0.05) is 0 Å². The van der Waals surface area contributed by atoms with E-state index in [1.807, 2.05) is 4.57 Å². The molecule has 2 heterocycles. The van der Waals surface area contributed by atoms with Gasteiger partial charge in [-0.05, 0) is 6.92 Å². The van der Waals surface area contributed by atoms with Crippen molar-refractivity contribution >= 4 is 5.78 Å².